The summed E-state index contributed by atoms with van der Waals surface area (Å²) in [6.45, 7) is 0.135. The number of hydrogen-bond acceptors (Lipinski definition) is 5. The Labute approximate surface area is 140 Å². The van der Waals surface area contributed by atoms with Crippen LogP contribution in [0.25, 0.3) is 0 Å². The molecule has 1 aromatic carbocycles. The number of carboxylic acids is 1. The maximum Gasteiger partial charge on any atom is 0.345 e. The van der Waals surface area contributed by atoms with Gasteiger partial charge in [-0.3, -0.25) is 4.79 Å². The van der Waals surface area contributed by atoms with Crippen LogP contribution >= 0.6 is 0 Å². The fourth-order valence-electron chi connectivity index (χ4n) is 2.95. The van der Waals surface area contributed by atoms with Crippen LogP contribution in [0.15, 0.2) is 30.3 Å². The summed E-state index contributed by atoms with van der Waals surface area (Å²) in [5, 5.41) is 9.56. The standard InChI is InChI=1S/C15H21N3O5S/c1-24(22,23)17-15(14(20)21)8-5-9-18(15)13(19)12(16)10-11-6-3-2-4-7-11/h2-4,6-7,12,17H,5,8-10,16H2,1H3,(H,20,21)/t12-,15+/m1/s1. The van der Waals surface area contributed by atoms with Gasteiger partial charge in [0.25, 0.3) is 0 Å². The van der Waals surface area contributed by atoms with Crippen LogP contribution in [0.5, 0.6) is 0 Å². The van der Waals surface area contributed by atoms with Gasteiger partial charge in [-0.25, -0.2) is 13.2 Å². The minimum atomic E-state index is -3.83. The van der Waals surface area contributed by atoms with Crippen LogP contribution in [0.4, 0.5) is 0 Å². The van der Waals surface area contributed by atoms with E-state index in [9.17, 15) is 23.1 Å². The Morgan fingerprint density at radius 2 is 2.00 bits per heavy atom. The van der Waals surface area contributed by atoms with Gasteiger partial charge in [0.15, 0.2) is 0 Å². The van der Waals surface area contributed by atoms with E-state index in [-0.39, 0.29) is 19.4 Å². The molecule has 0 unspecified atom stereocenters. The maximum absolute atomic E-state index is 12.7. The molecule has 1 saturated heterocycles. The predicted octanol–water partition coefficient (Wildman–Crippen LogP) is -0.491. The number of hydrogen-bond donors (Lipinski definition) is 3. The van der Waals surface area contributed by atoms with Crippen molar-refractivity contribution in [2.75, 3.05) is 12.8 Å². The number of rotatable bonds is 6. The van der Waals surface area contributed by atoms with Gasteiger partial charge in [0.1, 0.15) is 0 Å². The Morgan fingerprint density at radius 1 is 1.38 bits per heavy atom. The van der Waals surface area contributed by atoms with Gasteiger partial charge in [-0.1, -0.05) is 30.3 Å². The number of carbonyl (C=O) groups is 2. The highest BCUT2D eigenvalue weighted by Gasteiger charge is 2.52. The Bertz CT molecular complexity index is 722. The van der Waals surface area contributed by atoms with E-state index in [4.69, 9.17) is 5.73 Å². The van der Waals surface area contributed by atoms with Crippen molar-refractivity contribution in [3.8, 4) is 0 Å². The highest BCUT2D eigenvalue weighted by atomic mass is 32.2. The highest BCUT2D eigenvalue weighted by molar-refractivity contribution is 7.88. The van der Waals surface area contributed by atoms with E-state index < -0.39 is 33.6 Å². The Kier molecular flexibility index (Phi) is 5.26. The van der Waals surface area contributed by atoms with Gasteiger partial charge in [0, 0.05) is 6.54 Å². The lowest BCUT2D eigenvalue weighted by atomic mass is 10.0. The first-order valence-electron chi connectivity index (χ1n) is 7.49. The average molecular weight is 355 g/mol. The van der Waals surface area contributed by atoms with E-state index in [1.165, 1.54) is 0 Å². The number of amides is 1. The van der Waals surface area contributed by atoms with Crippen LogP contribution in [-0.4, -0.2) is 54.8 Å². The van der Waals surface area contributed by atoms with Crippen LogP contribution < -0.4 is 10.5 Å². The van der Waals surface area contributed by atoms with E-state index in [0.717, 1.165) is 16.7 Å². The van der Waals surface area contributed by atoms with Gasteiger partial charge in [-0.2, -0.15) is 4.72 Å². The van der Waals surface area contributed by atoms with Crippen molar-refractivity contribution in [1.82, 2.24) is 9.62 Å². The Balaban J connectivity index is 2.24. The molecule has 0 saturated carbocycles. The van der Waals surface area contributed by atoms with Crippen molar-refractivity contribution in [2.45, 2.75) is 31.0 Å². The van der Waals surface area contributed by atoms with Gasteiger partial charge in [0.2, 0.25) is 21.6 Å². The number of nitrogens with zero attached hydrogens (tertiary/aromatic N) is 1. The second-order valence-corrected chi connectivity index (χ2v) is 7.68. The zero-order chi connectivity index (χ0) is 18.0. The summed E-state index contributed by atoms with van der Waals surface area (Å²) < 4.78 is 25.3. The third-order valence-corrected chi connectivity index (χ3v) is 4.68. The van der Waals surface area contributed by atoms with Gasteiger partial charge in [-0.15, -0.1) is 0 Å². The van der Waals surface area contributed by atoms with Crippen molar-refractivity contribution in [2.24, 2.45) is 5.73 Å². The SMILES string of the molecule is CS(=O)(=O)N[C@@]1(C(=O)O)CCCN1C(=O)[C@H](N)Cc1ccccc1. The predicted molar refractivity (Wildman–Crippen MR) is 87.4 cm³/mol. The molecule has 2 atom stereocenters. The molecule has 1 heterocycles. The number of nitrogens with one attached hydrogen (secondary N) is 1. The normalized spacial score (nSPS) is 22.3. The van der Waals surface area contributed by atoms with Gasteiger partial charge >= 0.3 is 5.97 Å². The lowest BCUT2D eigenvalue weighted by Gasteiger charge is -2.36. The Hall–Kier alpha value is -1.97. The first kappa shape index (κ1) is 18.4. The lowest BCUT2D eigenvalue weighted by molar-refractivity contribution is -0.158. The van der Waals surface area contributed by atoms with E-state index in [1.54, 1.807) is 0 Å². The number of nitrogens with two attached hydrogens (primary N) is 1. The molecule has 0 radical (unpaired) electrons. The molecule has 4 N–H and O–H groups in total. The monoisotopic (exact) mass is 355 g/mol. The lowest BCUT2D eigenvalue weighted by Crippen LogP contribution is -2.65. The van der Waals surface area contributed by atoms with Gasteiger partial charge in [0.05, 0.1) is 12.3 Å². The zero-order valence-corrected chi connectivity index (χ0v) is 14.1. The first-order chi connectivity index (χ1) is 11.2. The minimum Gasteiger partial charge on any atom is -0.478 e. The number of likely N-dealkylation sites (tertiary alicyclic amines) is 1. The fourth-order valence-corrected chi connectivity index (χ4v) is 3.86. The van der Waals surface area contributed by atoms with Crippen LogP contribution in [0.1, 0.15) is 18.4 Å². The number of carbonyl (C=O) groups excluding carboxylic acids is 1. The molecule has 0 aromatic heterocycles. The number of benzene rings is 1. The Morgan fingerprint density at radius 3 is 2.54 bits per heavy atom. The van der Waals surface area contributed by atoms with E-state index in [2.05, 4.69) is 4.72 Å². The molecule has 2 rings (SSSR count). The summed E-state index contributed by atoms with van der Waals surface area (Å²) in [5.41, 5.74) is 4.82. The molecule has 0 bridgehead atoms. The molecule has 1 amide bonds. The van der Waals surface area contributed by atoms with Crippen LogP contribution in [0.2, 0.25) is 0 Å². The van der Waals surface area contributed by atoms with Crippen LogP contribution in [-0.2, 0) is 26.0 Å². The second kappa shape index (κ2) is 6.88. The third-order valence-electron chi connectivity index (χ3n) is 3.97. The van der Waals surface area contributed by atoms with E-state index >= 15 is 0 Å². The summed E-state index contributed by atoms with van der Waals surface area (Å²) in [6, 6.07) is 8.14. The summed E-state index contributed by atoms with van der Waals surface area (Å²) in [7, 11) is -3.83. The van der Waals surface area contributed by atoms with Crippen molar-refractivity contribution in [3.05, 3.63) is 35.9 Å². The zero-order valence-electron chi connectivity index (χ0n) is 13.3. The molecule has 0 spiro atoms. The average Bonchev–Trinajstić information content (AvgIpc) is 2.90. The third kappa shape index (κ3) is 3.92. The highest BCUT2D eigenvalue weighted by Crippen LogP contribution is 2.29. The van der Waals surface area contributed by atoms with E-state index in [0.29, 0.717) is 6.42 Å². The molecule has 8 nitrogen and oxygen atoms in total. The van der Waals surface area contributed by atoms with Crippen molar-refractivity contribution in [3.63, 3.8) is 0 Å². The minimum absolute atomic E-state index is 0.000793. The maximum atomic E-state index is 12.7. The second-order valence-electron chi connectivity index (χ2n) is 5.93. The number of carboxylic acid groups (broad SMARTS) is 1. The van der Waals surface area contributed by atoms with Crippen LogP contribution in [0, 0.1) is 0 Å². The summed E-state index contributed by atoms with van der Waals surface area (Å²) in [6.07, 6.45) is 1.48. The molecule has 1 aromatic rings. The van der Waals surface area contributed by atoms with Crippen molar-refractivity contribution in [1.29, 1.82) is 0 Å². The van der Waals surface area contributed by atoms with Crippen molar-refractivity contribution >= 4 is 21.9 Å². The molecule has 1 aliphatic heterocycles. The van der Waals surface area contributed by atoms with Crippen molar-refractivity contribution < 1.29 is 23.1 Å². The molecule has 1 fully saturated rings. The number of aliphatic carboxylic acids is 1. The van der Waals surface area contributed by atoms with Gasteiger partial charge in [-0.05, 0) is 24.8 Å². The summed E-state index contributed by atoms with van der Waals surface area (Å²) in [4.78, 5) is 25.4. The molecule has 9 heteroatoms. The van der Waals surface area contributed by atoms with Gasteiger partial charge < -0.3 is 15.7 Å². The first-order valence-corrected chi connectivity index (χ1v) is 9.38. The summed E-state index contributed by atoms with van der Waals surface area (Å²) in [5.74, 6) is -2.00. The molecule has 132 valence electrons. The fraction of sp³-hybridized carbons (Fsp3) is 0.467. The van der Waals surface area contributed by atoms with E-state index in [1.807, 2.05) is 30.3 Å². The topological polar surface area (TPSA) is 130 Å². The molecular formula is C15H21N3O5S. The molecule has 24 heavy (non-hydrogen) atoms. The largest absolute Gasteiger partial charge is 0.478 e. The molecule has 1 aliphatic rings. The molecular weight excluding hydrogens is 334 g/mol. The smallest absolute Gasteiger partial charge is 0.345 e. The number of sulfonamides is 1. The summed E-state index contributed by atoms with van der Waals surface area (Å²) >= 11 is 0. The molecule has 0 aliphatic carbocycles. The quantitative estimate of drug-likeness (QED) is 0.631. The van der Waals surface area contributed by atoms with Crippen LogP contribution in [0.3, 0.4) is 0 Å².